The van der Waals surface area contributed by atoms with Gasteiger partial charge in [-0.05, 0) is 63.6 Å². The predicted molar refractivity (Wildman–Crippen MR) is 149 cm³/mol. The number of nitrogens with one attached hydrogen (secondary N) is 2. The van der Waals surface area contributed by atoms with E-state index in [1.807, 2.05) is 41.8 Å². The number of carbonyl (C=O) groups excluding carboxylic acids is 3. The Hall–Kier alpha value is -3.17. The summed E-state index contributed by atoms with van der Waals surface area (Å²) in [6, 6.07) is 10.4. The maximum Gasteiger partial charge on any atom is 0.410 e. The molecule has 0 bridgehead atoms. The molecule has 2 N–H and O–H groups in total. The molecule has 3 heterocycles. The van der Waals surface area contributed by atoms with Gasteiger partial charge in [0, 0.05) is 30.1 Å². The number of likely N-dealkylation sites (tertiary alicyclic amines) is 1. The summed E-state index contributed by atoms with van der Waals surface area (Å²) in [6.07, 6.45) is 2.40. The maximum absolute atomic E-state index is 13.3. The van der Waals surface area contributed by atoms with Gasteiger partial charge in [0.25, 0.3) is 0 Å². The Morgan fingerprint density at radius 2 is 1.95 bits per heavy atom. The summed E-state index contributed by atoms with van der Waals surface area (Å²) >= 11 is 7.66. The molecule has 1 aliphatic heterocycles. The highest BCUT2D eigenvalue weighted by atomic mass is 35.5. The molecule has 202 valence electrons. The molecule has 1 aliphatic rings. The molecule has 1 saturated heterocycles. The summed E-state index contributed by atoms with van der Waals surface area (Å²) in [4.78, 5) is 45.8. The minimum Gasteiger partial charge on any atom is -0.444 e. The van der Waals surface area contributed by atoms with E-state index in [0.717, 1.165) is 27.8 Å². The van der Waals surface area contributed by atoms with Crippen molar-refractivity contribution in [3.05, 3.63) is 64.1 Å². The van der Waals surface area contributed by atoms with Crippen molar-refractivity contribution < 1.29 is 19.1 Å². The van der Waals surface area contributed by atoms with Crippen molar-refractivity contribution in [1.29, 1.82) is 0 Å². The molecule has 8 nitrogen and oxygen atoms in total. The first kappa shape index (κ1) is 27.9. The number of amides is 3. The van der Waals surface area contributed by atoms with Crippen LogP contribution in [0.3, 0.4) is 0 Å². The van der Waals surface area contributed by atoms with Gasteiger partial charge in [0.1, 0.15) is 22.5 Å². The van der Waals surface area contributed by atoms with Crippen LogP contribution in [0, 0.1) is 5.92 Å². The summed E-state index contributed by atoms with van der Waals surface area (Å²) < 4.78 is 5.59. The molecule has 3 atom stereocenters. The first-order valence-corrected chi connectivity index (χ1v) is 13.9. The predicted octanol–water partition coefficient (Wildman–Crippen LogP) is 4.94. The molecule has 10 heteroatoms. The maximum atomic E-state index is 13.3. The van der Waals surface area contributed by atoms with Gasteiger partial charge in [-0.15, -0.1) is 11.3 Å². The molecule has 2 aromatic heterocycles. The summed E-state index contributed by atoms with van der Waals surface area (Å²) in [7, 11) is 0. The van der Waals surface area contributed by atoms with E-state index >= 15 is 0 Å². The van der Waals surface area contributed by atoms with Gasteiger partial charge in [-0.25, -0.2) is 9.78 Å². The summed E-state index contributed by atoms with van der Waals surface area (Å²) in [5.74, 6) is -0.615. The molecule has 0 saturated carbocycles. The van der Waals surface area contributed by atoms with Crippen LogP contribution < -0.4 is 10.6 Å². The van der Waals surface area contributed by atoms with E-state index in [9.17, 15) is 14.4 Å². The average Bonchev–Trinajstić information content (AvgIpc) is 3.45. The number of thiophene rings is 1. The molecule has 4 rings (SSSR count). The van der Waals surface area contributed by atoms with E-state index in [1.54, 1.807) is 33.9 Å². The van der Waals surface area contributed by atoms with Crippen molar-refractivity contribution in [1.82, 2.24) is 20.5 Å². The molecule has 3 amide bonds. The number of pyridine rings is 1. The number of hydrogen-bond donors (Lipinski definition) is 2. The van der Waals surface area contributed by atoms with E-state index in [2.05, 4.69) is 15.6 Å². The van der Waals surface area contributed by atoms with Crippen LogP contribution in [0.2, 0.25) is 5.02 Å². The second kappa shape index (κ2) is 11.7. The fraction of sp³-hybridized carbons (Fsp3) is 0.429. The summed E-state index contributed by atoms with van der Waals surface area (Å²) in [5, 5.41) is 8.93. The van der Waals surface area contributed by atoms with Crippen molar-refractivity contribution in [3.8, 4) is 0 Å². The van der Waals surface area contributed by atoms with Gasteiger partial charge < -0.3 is 15.4 Å². The third kappa shape index (κ3) is 7.02. The average molecular weight is 557 g/mol. The van der Waals surface area contributed by atoms with E-state index in [1.165, 1.54) is 16.2 Å². The third-order valence-corrected chi connectivity index (χ3v) is 7.69. The van der Waals surface area contributed by atoms with Crippen LogP contribution in [0.15, 0.2) is 48.0 Å². The molecule has 1 fully saturated rings. The minimum atomic E-state index is -0.794. The smallest absolute Gasteiger partial charge is 0.410 e. The lowest BCUT2D eigenvalue weighted by atomic mass is 9.96. The third-order valence-electron chi connectivity index (χ3n) is 6.34. The largest absolute Gasteiger partial charge is 0.444 e. The number of nitrogens with zero attached hydrogens (tertiary/aromatic N) is 2. The molecule has 38 heavy (non-hydrogen) atoms. The molecule has 0 aliphatic carbocycles. The fourth-order valence-corrected chi connectivity index (χ4v) is 5.62. The molecule has 1 aromatic carbocycles. The molecular formula is C28H33ClN4O4S. The summed E-state index contributed by atoms with van der Waals surface area (Å²) in [6.45, 7) is 7.67. The van der Waals surface area contributed by atoms with Crippen molar-refractivity contribution in [2.24, 2.45) is 5.92 Å². The van der Waals surface area contributed by atoms with Crippen molar-refractivity contribution in [2.45, 2.75) is 64.8 Å². The first-order chi connectivity index (χ1) is 18.0. The Morgan fingerprint density at radius 1 is 1.21 bits per heavy atom. The summed E-state index contributed by atoms with van der Waals surface area (Å²) in [5.41, 5.74) is 1.26. The van der Waals surface area contributed by atoms with Gasteiger partial charge in [-0.2, -0.15) is 0 Å². The standard InChI is InChI=1S/C28H33ClN4O4S/c1-17(24(34)30-13-20-11-21-22(29)16-38-26(21)31-14-20)32-25(35)23-12-19(10-18-8-6-5-7-9-18)15-33(23)27(36)37-28(2,3)4/h5-9,11,14,16-17,19,23H,10,12-13,15H2,1-4H3,(H,30,34)(H,32,35)/t17-,19-,23+/m0/s1. The second-order valence-corrected chi connectivity index (χ2v) is 11.9. The highest BCUT2D eigenvalue weighted by Crippen LogP contribution is 2.30. The van der Waals surface area contributed by atoms with Crippen LogP contribution in [-0.2, 0) is 27.3 Å². The Balaban J connectivity index is 1.38. The van der Waals surface area contributed by atoms with E-state index < -0.39 is 23.8 Å². The van der Waals surface area contributed by atoms with Gasteiger partial charge in [-0.3, -0.25) is 14.5 Å². The van der Waals surface area contributed by atoms with Gasteiger partial charge >= 0.3 is 6.09 Å². The van der Waals surface area contributed by atoms with Crippen molar-refractivity contribution in [3.63, 3.8) is 0 Å². The van der Waals surface area contributed by atoms with E-state index in [-0.39, 0.29) is 24.3 Å². The molecule has 0 radical (unpaired) electrons. The number of rotatable bonds is 7. The topological polar surface area (TPSA) is 101 Å². The molecule has 0 spiro atoms. The molecular weight excluding hydrogens is 524 g/mol. The number of aromatic nitrogens is 1. The Morgan fingerprint density at radius 3 is 2.66 bits per heavy atom. The van der Waals surface area contributed by atoms with Crippen LogP contribution in [-0.4, -0.2) is 52.0 Å². The first-order valence-electron chi connectivity index (χ1n) is 12.6. The Labute approximate surface area is 231 Å². The van der Waals surface area contributed by atoms with Crippen LogP contribution in [0.25, 0.3) is 10.2 Å². The van der Waals surface area contributed by atoms with Gasteiger partial charge in [0.2, 0.25) is 11.8 Å². The van der Waals surface area contributed by atoms with Crippen LogP contribution >= 0.6 is 22.9 Å². The fourth-order valence-electron chi connectivity index (χ4n) is 4.53. The van der Waals surface area contributed by atoms with Crippen LogP contribution in [0.5, 0.6) is 0 Å². The highest BCUT2D eigenvalue weighted by molar-refractivity contribution is 7.17. The number of benzene rings is 1. The lowest BCUT2D eigenvalue weighted by molar-refractivity contribution is -0.131. The van der Waals surface area contributed by atoms with Crippen LogP contribution in [0.4, 0.5) is 4.79 Å². The SMILES string of the molecule is C[C@H](NC(=O)[C@H]1C[C@H](Cc2ccccc2)CN1C(=O)OC(C)(C)C)C(=O)NCc1cnc2scc(Cl)c2c1. The molecule has 0 unspecified atom stereocenters. The number of halogens is 1. The molecule has 3 aromatic rings. The zero-order valence-electron chi connectivity index (χ0n) is 22.0. The minimum absolute atomic E-state index is 0.0937. The number of carbonyl (C=O) groups is 3. The monoisotopic (exact) mass is 556 g/mol. The lowest BCUT2D eigenvalue weighted by Crippen LogP contribution is -2.52. The van der Waals surface area contributed by atoms with Gasteiger partial charge in [0.15, 0.2) is 0 Å². The second-order valence-electron chi connectivity index (χ2n) is 10.7. The normalized spacial score (nSPS) is 18.3. The van der Waals surface area contributed by atoms with Crippen molar-refractivity contribution in [2.75, 3.05) is 6.54 Å². The Bertz CT molecular complexity index is 1310. The van der Waals surface area contributed by atoms with E-state index in [4.69, 9.17) is 16.3 Å². The van der Waals surface area contributed by atoms with Gasteiger partial charge in [0.05, 0.1) is 5.02 Å². The Kier molecular flexibility index (Phi) is 8.57. The lowest BCUT2D eigenvalue weighted by Gasteiger charge is -2.28. The quantitative estimate of drug-likeness (QED) is 0.429. The zero-order valence-corrected chi connectivity index (χ0v) is 23.6. The van der Waals surface area contributed by atoms with Gasteiger partial charge in [-0.1, -0.05) is 41.9 Å². The number of fused-ring (bicyclic) bond motifs is 1. The van der Waals surface area contributed by atoms with Crippen LogP contribution in [0.1, 0.15) is 45.2 Å². The number of ether oxygens (including phenoxy) is 1. The highest BCUT2D eigenvalue weighted by Gasteiger charge is 2.42. The van der Waals surface area contributed by atoms with E-state index in [0.29, 0.717) is 18.0 Å². The zero-order chi connectivity index (χ0) is 27.4. The van der Waals surface area contributed by atoms with Crippen molar-refractivity contribution >= 4 is 51.1 Å². The number of hydrogen-bond acceptors (Lipinski definition) is 6.